The summed E-state index contributed by atoms with van der Waals surface area (Å²) in [6, 6.07) is 22.2. The molecule has 1 aromatic heterocycles. The third kappa shape index (κ3) is 5.26. The maximum atomic E-state index is 13.4. The van der Waals surface area contributed by atoms with Gasteiger partial charge in [0.1, 0.15) is 35.4 Å². The van der Waals surface area contributed by atoms with Gasteiger partial charge in [-0.05, 0) is 41.5 Å². The summed E-state index contributed by atoms with van der Waals surface area (Å²) >= 11 is 6.25. The maximum absolute atomic E-state index is 13.4. The van der Waals surface area contributed by atoms with Crippen LogP contribution in [0.3, 0.4) is 0 Å². The molecule has 40 heavy (non-hydrogen) atoms. The molecule has 1 fully saturated rings. The summed E-state index contributed by atoms with van der Waals surface area (Å²) in [5.41, 5.74) is 1.68. The Bertz CT molecular complexity index is 1550. The Kier molecular flexibility index (Phi) is 7.79. The number of benzene rings is 3. The minimum Gasteiger partial charge on any atom is -0.507 e. The van der Waals surface area contributed by atoms with E-state index in [4.69, 9.17) is 30.2 Å². The molecule has 0 saturated carbocycles. The fourth-order valence-corrected chi connectivity index (χ4v) is 4.87. The van der Waals surface area contributed by atoms with Crippen LogP contribution in [0.1, 0.15) is 28.5 Å². The van der Waals surface area contributed by atoms with Gasteiger partial charge in [0.25, 0.3) is 11.7 Å². The number of hydrogen-bond donors (Lipinski definition) is 1. The molecule has 1 saturated heterocycles. The van der Waals surface area contributed by atoms with E-state index in [1.165, 1.54) is 37.5 Å². The second-order valence-corrected chi connectivity index (χ2v) is 9.44. The van der Waals surface area contributed by atoms with Crippen LogP contribution in [0.15, 0.2) is 95.1 Å². The van der Waals surface area contributed by atoms with E-state index >= 15 is 0 Å². The number of ketones is 1. The second kappa shape index (κ2) is 11.6. The zero-order valence-corrected chi connectivity index (χ0v) is 22.6. The van der Waals surface area contributed by atoms with Crippen molar-refractivity contribution in [3.05, 3.63) is 118 Å². The van der Waals surface area contributed by atoms with Gasteiger partial charge in [0.15, 0.2) is 0 Å². The van der Waals surface area contributed by atoms with E-state index in [0.717, 1.165) is 5.56 Å². The summed E-state index contributed by atoms with van der Waals surface area (Å²) in [4.78, 5) is 28.1. The lowest BCUT2D eigenvalue weighted by Gasteiger charge is -2.25. The summed E-state index contributed by atoms with van der Waals surface area (Å²) in [6.07, 6.45) is 1.49. The van der Waals surface area contributed by atoms with Crippen LogP contribution in [-0.2, 0) is 22.7 Å². The summed E-state index contributed by atoms with van der Waals surface area (Å²) in [5, 5.41) is 11.8. The molecule has 9 heteroatoms. The fourth-order valence-electron chi connectivity index (χ4n) is 4.64. The molecule has 0 spiro atoms. The molecule has 1 unspecified atom stereocenters. The van der Waals surface area contributed by atoms with Gasteiger partial charge in [0.2, 0.25) is 0 Å². The molecule has 1 aliphatic heterocycles. The number of hydrogen-bond acceptors (Lipinski definition) is 7. The van der Waals surface area contributed by atoms with Crippen molar-refractivity contribution in [2.75, 3.05) is 14.2 Å². The Morgan fingerprint density at radius 1 is 0.950 bits per heavy atom. The Labute approximate surface area is 236 Å². The number of halogens is 1. The van der Waals surface area contributed by atoms with Crippen LogP contribution >= 0.6 is 11.6 Å². The minimum atomic E-state index is -0.917. The second-order valence-electron chi connectivity index (χ2n) is 9.04. The number of ether oxygens (including phenoxy) is 3. The molecule has 8 nitrogen and oxygen atoms in total. The predicted molar refractivity (Wildman–Crippen MR) is 148 cm³/mol. The third-order valence-electron chi connectivity index (χ3n) is 6.62. The van der Waals surface area contributed by atoms with E-state index in [9.17, 15) is 14.7 Å². The third-order valence-corrected chi connectivity index (χ3v) is 6.91. The van der Waals surface area contributed by atoms with Crippen LogP contribution in [0.4, 0.5) is 0 Å². The van der Waals surface area contributed by atoms with Gasteiger partial charge in [-0.3, -0.25) is 9.59 Å². The molecule has 5 rings (SSSR count). The van der Waals surface area contributed by atoms with Crippen molar-refractivity contribution in [2.24, 2.45) is 0 Å². The van der Waals surface area contributed by atoms with Crippen LogP contribution in [-0.4, -0.2) is 35.9 Å². The molecular weight excluding hydrogens is 534 g/mol. The van der Waals surface area contributed by atoms with Crippen LogP contribution in [0.2, 0.25) is 5.02 Å². The zero-order chi connectivity index (χ0) is 28.2. The maximum Gasteiger partial charge on any atom is 0.296 e. The predicted octanol–water partition coefficient (Wildman–Crippen LogP) is 6.15. The highest BCUT2D eigenvalue weighted by atomic mass is 35.5. The van der Waals surface area contributed by atoms with Gasteiger partial charge in [0.05, 0.1) is 49.2 Å². The molecule has 204 valence electrons. The summed E-state index contributed by atoms with van der Waals surface area (Å²) < 4.78 is 22.1. The quantitative estimate of drug-likeness (QED) is 0.149. The summed E-state index contributed by atoms with van der Waals surface area (Å²) in [6.45, 7) is 0.404. The first-order chi connectivity index (χ1) is 19.4. The monoisotopic (exact) mass is 559 g/mol. The van der Waals surface area contributed by atoms with Crippen molar-refractivity contribution in [2.45, 2.75) is 19.2 Å². The van der Waals surface area contributed by atoms with Crippen molar-refractivity contribution in [3.63, 3.8) is 0 Å². The van der Waals surface area contributed by atoms with E-state index < -0.39 is 23.5 Å². The van der Waals surface area contributed by atoms with Gasteiger partial charge in [-0.15, -0.1) is 0 Å². The molecule has 3 aromatic carbocycles. The molecule has 4 aromatic rings. The Balaban J connectivity index is 1.57. The average molecular weight is 560 g/mol. The van der Waals surface area contributed by atoms with Gasteiger partial charge < -0.3 is 28.6 Å². The van der Waals surface area contributed by atoms with E-state index in [0.29, 0.717) is 23.7 Å². The van der Waals surface area contributed by atoms with Gasteiger partial charge in [0, 0.05) is 6.07 Å². The van der Waals surface area contributed by atoms with Crippen LogP contribution < -0.4 is 14.2 Å². The first-order valence-electron chi connectivity index (χ1n) is 12.4. The highest BCUT2D eigenvalue weighted by Gasteiger charge is 2.46. The van der Waals surface area contributed by atoms with E-state index in [1.54, 1.807) is 36.4 Å². The number of amides is 1. The van der Waals surface area contributed by atoms with Crippen molar-refractivity contribution < 1.29 is 33.3 Å². The standard InChI is InChI=1S/C31H26ClNO7/c1-37-25-16-24(32)26(38-2)15-23(25)29(34)27-28(33(31(36)30(27)35)17-22-9-6-14-39-22)20-10-12-21(13-11-20)40-18-19-7-4-3-5-8-19/h3-16,28,34H,17-18H2,1-2H3/b29-27+. The summed E-state index contributed by atoms with van der Waals surface area (Å²) in [7, 11) is 2.84. The largest absolute Gasteiger partial charge is 0.507 e. The Morgan fingerprint density at radius 3 is 2.33 bits per heavy atom. The van der Waals surface area contributed by atoms with Crippen LogP contribution in [0.5, 0.6) is 17.2 Å². The van der Waals surface area contributed by atoms with E-state index in [2.05, 4.69) is 0 Å². The van der Waals surface area contributed by atoms with Gasteiger partial charge >= 0.3 is 0 Å². The lowest BCUT2D eigenvalue weighted by Crippen LogP contribution is -2.29. The molecule has 2 heterocycles. The Morgan fingerprint density at radius 2 is 1.68 bits per heavy atom. The van der Waals surface area contributed by atoms with Crippen LogP contribution in [0, 0.1) is 0 Å². The lowest BCUT2D eigenvalue weighted by molar-refractivity contribution is -0.140. The number of nitrogens with zero attached hydrogens (tertiary/aromatic N) is 1. The number of aliphatic hydroxyl groups excluding tert-OH is 1. The number of methoxy groups -OCH3 is 2. The molecule has 0 bridgehead atoms. The molecule has 0 aliphatic carbocycles. The van der Waals surface area contributed by atoms with Gasteiger partial charge in [-0.25, -0.2) is 0 Å². The smallest absolute Gasteiger partial charge is 0.296 e. The van der Waals surface area contributed by atoms with Crippen molar-refractivity contribution in [3.8, 4) is 17.2 Å². The molecule has 1 atom stereocenters. The number of carbonyl (C=O) groups excluding carboxylic acids is 2. The topological polar surface area (TPSA) is 98.4 Å². The van der Waals surface area contributed by atoms with Crippen LogP contribution in [0.25, 0.3) is 5.76 Å². The van der Waals surface area contributed by atoms with Crippen molar-refractivity contribution in [1.29, 1.82) is 0 Å². The number of rotatable bonds is 9. The van der Waals surface area contributed by atoms with E-state index in [1.807, 2.05) is 30.3 Å². The molecular formula is C31H26ClNO7. The normalized spacial score (nSPS) is 16.3. The van der Waals surface area contributed by atoms with Crippen molar-refractivity contribution >= 4 is 29.1 Å². The molecule has 0 radical (unpaired) electrons. The number of aliphatic hydroxyl groups is 1. The molecule has 1 amide bonds. The fraction of sp³-hybridized carbons (Fsp3) is 0.161. The number of Topliss-reactive ketones (excluding diaryl/α,β-unsaturated/α-hetero) is 1. The summed E-state index contributed by atoms with van der Waals surface area (Å²) in [5.74, 6) is -0.447. The molecule has 1 N–H and O–H groups in total. The average Bonchev–Trinajstić information content (AvgIpc) is 3.59. The first kappa shape index (κ1) is 26.9. The van der Waals surface area contributed by atoms with E-state index in [-0.39, 0.29) is 34.2 Å². The first-order valence-corrected chi connectivity index (χ1v) is 12.8. The Hall–Kier alpha value is -4.69. The SMILES string of the molecule is COc1cc(/C(O)=C2\C(=O)C(=O)N(Cc3ccco3)C2c2ccc(OCc3ccccc3)cc2)c(OC)cc1Cl. The lowest BCUT2D eigenvalue weighted by atomic mass is 9.94. The number of likely N-dealkylation sites (tertiary alicyclic amines) is 1. The number of furan rings is 1. The highest BCUT2D eigenvalue weighted by molar-refractivity contribution is 6.46. The number of carbonyl (C=O) groups is 2. The zero-order valence-electron chi connectivity index (χ0n) is 21.8. The minimum absolute atomic E-state index is 0.0202. The van der Waals surface area contributed by atoms with Gasteiger partial charge in [-0.2, -0.15) is 0 Å². The highest BCUT2D eigenvalue weighted by Crippen LogP contribution is 2.43. The molecule has 1 aliphatic rings. The van der Waals surface area contributed by atoms with Crippen molar-refractivity contribution in [1.82, 2.24) is 4.90 Å². The van der Waals surface area contributed by atoms with Gasteiger partial charge in [-0.1, -0.05) is 54.1 Å².